The van der Waals surface area contributed by atoms with E-state index in [1.54, 1.807) is 0 Å². The number of amidine groups is 2. The van der Waals surface area contributed by atoms with Gasteiger partial charge in [-0.1, -0.05) is 0 Å². The molecular formula is C9H12N6O5. The first kappa shape index (κ1) is 13.8. The van der Waals surface area contributed by atoms with Crippen molar-refractivity contribution in [3.8, 4) is 0 Å². The SMILES string of the molecule is CC1(C)C2=N/C(=N\[N+](=O)[O-])C(C)(C)N2C(=O)N1[N+](=O)[O-]. The van der Waals surface area contributed by atoms with Gasteiger partial charge in [0, 0.05) is 0 Å². The molecule has 11 nitrogen and oxygen atoms in total. The summed E-state index contributed by atoms with van der Waals surface area (Å²) in [5.74, 6) is -0.0910. The van der Waals surface area contributed by atoms with E-state index in [9.17, 15) is 25.0 Å². The van der Waals surface area contributed by atoms with E-state index in [1.165, 1.54) is 27.7 Å². The van der Waals surface area contributed by atoms with Crippen molar-refractivity contribution >= 4 is 17.7 Å². The number of amides is 2. The van der Waals surface area contributed by atoms with E-state index >= 15 is 0 Å². The molecule has 2 amide bonds. The number of urea groups is 1. The number of nitro groups is 2. The lowest BCUT2D eigenvalue weighted by Crippen LogP contribution is -2.50. The Morgan fingerprint density at radius 2 is 1.70 bits per heavy atom. The Balaban J connectivity index is 2.62. The Bertz CT molecular complexity index is 592. The maximum absolute atomic E-state index is 12.2. The first-order chi connectivity index (χ1) is 9.01. The number of fused-ring (bicyclic) bond motifs is 1. The Hall–Kier alpha value is -2.59. The van der Waals surface area contributed by atoms with E-state index in [2.05, 4.69) is 10.1 Å². The molecule has 0 aromatic carbocycles. The van der Waals surface area contributed by atoms with Gasteiger partial charge < -0.3 is 0 Å². The van der Waals surface area contributed by atoms with E-state index in [4.69, 9.17) is 0 Å². The zero-order chi connectivity index (χ0) is 15.5. The predicted molar refractivity (Wildman–Crippen MR) is 66.1 cm³/mol. The number of hydrazine groups is 1. The van der Waals surface area contributed by atoms with Crippen molar-refractivity contribution in [3.63, 3.8) is 0 Å². The van der Waals surface area contributed by atoms with Crippen molar-refractivity contribution in [1.29, 1.82) is 0 Å². The van der Waals surface area contributed by atoms with Gasteiger partial charge in [-0.2, -0.15) is 0 Å². The first-order valence-electron chi connectivity index (χ1n) is 5.62. The van der Waals surface area contributed by atoms with Crippen LogP contribution in [0.2, 0.25) is 0 Å². The van der Waals surface area contributed by atoms with Crippen LogP contribution >= 0.6 is 0 Å². The lowest BCUT2D eigenvalue weighted by Gasteiger charge is -2.25. The number of nitrogens with zero attached hydrogens (tertiary/aromatic N) is 6. The summed E-state index contributed by atoms with van der Waals surface area (Å²) in [5, 5.41) is 23.4. The molecule has 11 heteroatoms. The molecule has 2 heterocycles. The molecule has 0 aliphatic carbocycles. The summed E-state index contributed by atoms with van der Waals surface area (Å²) in [6.07, 6.45) is 0. The Kier molecular flexibility index (Phi) is 2.57. The van der Waals surface area contributed by atoms with Crippen molar-refractivity contribution in [1.82, 2.24) is 9.91 Å². The van der Waals surface area contributed by atoms with E-state index in [1.807, 2.05) is 0 Å². The van der Waals surface area contributed by atoms with Crippen LogP contribution in [-0.2, 0) is 0 Å². The van der Waals surface area contributed by atoms with Crippen LogP contribution in [0.15, 0.2) is 10.1 Å². The molecule has 2 aliphatic rings. The van der Waals surface area contributed by atoms with Gasteiger partial charge in [-0.25, -0.2) is 30.0 Å². The molecule has 0 aromatic heterocycles. The molecule has 0 N–H and O–H groups in total. The summed E-state index contributed by atoms with van der Waals surface area (Å²) in [7, 11) is 0. The summed E-state index contributed by atoms with van der Waals surface area (Å²) in [4.78, 5) is 38.8. The van der Waals surface area contributed by atoms with Crippen LogP contribution in [0.1, 0.15) is 27.7 Å². The molecule has 0 unspecified atom stereocenters. The summed E-state index contributed by atoms with van der Waals surface area (Å²) in [6, 6.07) is -0.891. The molecule has 108 valence electrons. The first-order valence-corrected chi connectivity index (χ1v) is 5.62. The molecule has 0 atom stereocenters. The van der Waals surface area contributed by atoms with Crippen LogP contribution in [0.5, 0.6) is 0 Å². The van der Waals surface area contributed by atoms with Gasteiger partial charge in [-0.3, -0.25) is 4.90 Å². The molecule has 0 radical (unpaired) electrons. The van der Waals surface area contributed by atoms with E-state index in [0.29, 0.717) is 5.01 Å². The van der Waals surface area contributed by atoms with Gasteiger partial charge in [0.15, 0.2) is 15.6 Å². The monoisotopic (exact) mass is 284 g/mol. The van der Waals surface area contributed by atoms with Crippen molar-refractivity contribution in [3.05, 3.63) is 20.2 Å². The fourth-order valence-corrected chi connectivity index (χ4v) is 2.32. The summed E-state index contributed by atoms with van der Waals surface area (Å²) in [6.45, 7) is 5.86. The fourth-order valence-electron chi connectivity index (χ4n) is 2.32. The molecule has 0 bridgehead atoms. The highest BCUT2D eigenvalue weighted by Crippen LogP contribution is 2.38. The van der Waals surface area contributed by atoms with Gasteiger partial charge in [0.1, 0.15) is 11.4 Å². The molecule has 0 saturated carbocycles. The van der Waals surface area contributed by atoms with E-state index < -0.39 is 27.2 Å². The summed E-state index contributed by atoms with van der Waals surface area (Å²) >= 11 is 0. The molecule has 2 rings (SSSR count). The highest BCUT2D eigenvalue weighted by molar-refractivity contribution is 6.21. The van der Waals surface area contributed by atoms with Crippen LogP contribution < -0.4 is 0 Å². The number of carbonyl (C=O) groups excluding carboxylic acids is 1. The van der Waals surface area contributed by atoms with Crippen LogP contribution in [0.3, 0.4) is 0 Å². The minimum absolute atomic E-state index is 0.0739. The topological polar surface area (TPSA) is 135 Å². The number of hydrogen-bond donors (Lipinski definition) is 0. The third-order valence-corrected chi connectivity index (χ3v) is 3.32. The van der Waals surface area contributed by atoms with Gasteiger partial charge in [-0.15, -0.1) is 0 Å². The van der Waals surface area contributed by atoms with Crippen LogP contribution in [0.4, 0.5) is 4.79 Å². The Labute approximate surface area is 112 Å². The predicted octanol–water partition coefficient (Wildman–Crippen LogP) is 0.475. The quantitative estimate of drug-likeness (QED) is 0.536. The number of hydrazone groups is 1. The highest BCUT2D eigenvalue weighted by Gasteiger charge is 2.64. The number of aliphatic imine (C=N–C) groups is 1. The smallest absolute Gasteiger partial charge is 0.262 e. The van der Waals surface area contributed by atoms with Crippen molar-refractivity contribution in [2.45, 2.75) is 38.8 Å². The van der Waals surface area contributed by atoms with Crippen molar-refractivity contribution in [2.24, 2.45) is 10.1 Å². The third kappa shape index (κ3) is 1.55. The maximum Gasteiger partial charge on any atom is 0.385 e. The van der Waals surface area contributed by atoms with E-state index in [0.717, 1.165) is 4.90 Å². The molecule has 2 aliphatic heterocycles. The number of carbonyl (C=O) groups is 1. The largest absolute Gasteiger partial charge is 0.385 e. The van der Waals surface area contributed by atoms with Gasteiger partial charge in [0.05, 0.1) is 5.10 Å². The van der Waals surface area contributed by atoms with Crippen LogP contribution in [-0.4, -0.2) is 48.8 Å². The fraction of sp³-hybridized carbons (Fsp3) is 0.667. The second kappa shape index (κ2) is 3.71. The standard InChI is InChI=1S/C9H12N6O5/c1-8(2)5(11-14(17)18)10-6-9(3,4)13(15(19)20)7(16)12(6)8/h1-4H3/b11-5-. The second-order valence-corrected chi connectivity index (χ2v) is 5.38. The van der Waals surface area contributed by atoms with Gasteiger partial charge in [0.25, 0.3) is 0 Å². The molecule has 0 spiro atoms. The van der Waals surface area contributed by atoms with Gasteiger partial charge in [0.2, 0.25) is 5.84 Å². The lowest BCUT2D eigenvalue weighted by atomic mass is 10.0. The average molecular weight is 284 g/mol. The molecular weight excluding hydrogens is 272 g/mol. The molecule has 1 fully saturated rings. The molecule has 1 saturated heterocycles. The van der Waals surface area contributed by atoms with Crippen molar-refractivity contribution in [2.75, 3.05) is 0 Å². The maximum atomic E-state index is 12.2. The van der Waals surface area contributed by atoms with Crippen LogP contribution in [0.25, 0.3) is 0 Å². The molecule has 20 heavy (non-hydrogen) atoms. The third-order valence-electron chi connectivity index (χ3n) is 3.32. The van der Waals surface area contributed by atoms with Gasteiger partial charge >= 0.3 is 6.03 Å². The van der Waals surface area contributed by atoms with E-state index in [-0.39, 0.29) is 11.7 Å². The Morgan fingerprint density at radius 1 is 1.15 bits per heavy atom. The lowest BCUT2D eigenvalue weighted by molar-refractivity contribution is -0.643. The minimum atomic E-state index is -1.31. The minimum Gasteiger partial charge on any atom is -0.262 e. The highest BCUT2D eigenvalue weighted by atomic mass is 16.7. The number of rotatable bonds is 2. The number of hydrogen-bond acceptors (Lipinski definition) is 5. The summed E-state index contributed by atoms with van der Waals surface area (Å²) < 4.78 is 0. The zero-order valence-corrected chi connectivity index (χ0v) is 11.2. The van der Waals surface area contributed by atoms with Crippen molar-refractivity contribution < 1.29 is 14.9 Å². The normalized spacial score (nSPS) is 24.9. The Morgan fingerprint density at radius 3 is 2.10 bits per heavy atom. The zero-order valence-electron chi connectivity index (χ0n) is 11.2. The second-order valence-electron chi connectivity index (χ2n) is 5.38. The van der Waals surface area contributed by atoms with Crippen LogP contribution in [0, 0.1) is 20.2 Å². The summed E-state index contributed by atoms with van der Waals surface area (Å²) in [5.41, 5.74) is -2.53. The average Bonchev–Trinajstić information content (AvgIpc) is 2.59. The molecule has 0 aromatic rings. The van der Waals surface area contributed by atoms with Gasteiger partial charge in [-0.05, 0) is 32.7 Å².